The van der Waals surface area contributed by atoms with E-state index in [1.165, 1.54) is 5.69 Å². The van der Waals surface area contributed by atoms with Gasteiger partial charge < -0.3 is 14.7 Å². The van der Waals surface area contributed by atoms with Crippen LogP contribution in [0.5, 0.6) is 5.75 Å². The normalized spacial score (nSPS) is 15.4. The van der Waals surface area contributed by atoms with Crippen molar-refractivity contribution in [2.24, 2.45) is 4.99 Å². The molecule has 0 spiro atoms. The summed E-state index contributed by atoms with van der Waals surface area (Å²) in [5, 5.41) is 9.48. The number of halogens is 1. The Morgan fingerprint density at radius 2 is 1.82 bits per heavy atom. The van der Waals surface area contributed by atoms with Gasteiger partial charge in [0.05, 0.1) is 23.4 Å². The molecule has 2 aromatic rings. The zero-order valence-electron chi connectivity index (χ0n) is 12.1. The second-order valence-corrected chi connectivity index (χ2v) is 5.94. The molecule has 1 heterocycles. The van der Waals surface area contributed by atoms with Crippen molar-refractivity contribution in [2.75, 3.05) is 31.2 Å². The van der Waals surface area contributed by atoms with Crippen LogP contribution in [0.25, 0.3) is 0 Å². The maximum Gasteiger partial charge on any atom is 0.129 e. The van der Waals surface area contributed by atoms with E-state index in [2.05, 4.69) is 38.0 Å². The number of phenolic OH excluding ortho intramolecular Hbond substituents is 1. The second kappa shape index (κ2) is 6.94. The number of benzene rings is 2. The molecule has 1 aliphatic rings. The number of morpholine rings is 1. The molecule has 22 heavy (non-hydrogen) atoms. The first-order chi connectivity index (χ1) is 10.7. The minimum Gasteiger partial charge on any atom is -0.507 e. The van der Waals surface area contributed by atoms with Gasteiger partial charge in [-0.1, -0.05) is 0 Å². The Bertz CT molecular complexity index is 665. The van der Waals surface area contributed by atoms with Crippen LogP contribution < -0.4 is 4.90 Å². The van der Waals surface area contributed by atoms with Crippen molar-refractivity contribution in [1.82, 2.24) is 0 Å². The summed E-state index contributed by atoms with van der Waals surface area (Å²) < 4.78 is 6.03. The monoisotopic (exact) mass is 360 g/mol. The van der Waals surface area contributed by atoms with Gasteiger partial charge in [0.1, 0.15) is 5.75 Å². The third-order valence-electron chi connectivity index (χ3n) is 3.56. The van der Waals surface area contributed by atoms with E-state index in [9.17, 15) is 5.11 Å². The maximum atomic E-state index is 9.48. The van der Waals surface area contributed by atoms with Crippen LogP contribution in [0.15, 0.2) is 51.9 Å². The number of aromatic hydroxyl groups is 1. The predicted octanol–water partition coefficient (Wildman–Crippen LogP) is 3.74. The molecule has 0 aliphatic carbocycles. The molecular weight excluding hydrogens is 344 g/mol. The fourth-order valence-corrected chi connectivity index (χ4v) is 2.72. The van der Waals surface area contributed by atoms with Gasteiger partial charge in [-0.2, -0.15) is 0 Å². The van der Waals surface area contributed by atoms with Crippen molar-refractivity contribution in [3.63, 3.8) is 0 Å². The maximum absolute atomic E-state index is 9.48. The summed E-state index contributed by atoms with van der Waals surface area (Å²) in [6, 6.07) is 13.5. The van der Waals surface area contributed by atoms with Crippen LogP contribution in [-0.4, -0.2) is 37.6 Å². The van der Waals surface area contributed by atoms with Gasteiger partial charge in [0.15, 0.2) is 0 Å². The molecule has 2 aromatic carbocycles. The van der Waals surface area contributed by atoms with Crippen LogP contribution in [0.4, 0.5) is 11.4 Å². The lowest BCUT2D eigenvalue weighted by molar-refractivity contribution is 0.122. The minimum absolute atomic E-state index is 0.229. The minimum atomic E-state index is 0.229. The lowest BCUT2D eigenvalue weighted by atomic mass is 10.2. The zero-order valence-corrected chi connectivity index (χ0v) is 13.7. The molecule has 114 valence electrons. The van der Waals surface area contributed by atoms with Gasteiger partial charge in [0, 0.05) is 25.0 Å². The molecule has 0 aromatic heterocycles. The van der Waals surface area contributed by atoms with E-state index in [1.807, 2.05) is 24.3 Å². The number of aliphatic imine (C=N–C) groups is 1. The number of rotatable bonds is 3. The molecule has 0 unspecified atom stereocenters. The molecule has 1 fully saturated rings. The predicted molar refractivity (Wildman–Crippen MR) is 92.5 cm³/mol. The summed E-state index contributed by atoms with van der Waals surface area (Å²) in [4.78, 5) is 6.78. The van der Waals surface area contributed by atoms with Crippen molar-refractivity contribution < 1.29 is 9.84 Å². The summed E-state index contributed by atoms with van der Waals surface area (Å²) in [6.07, 6.45) is 1.79. The molecule has 0 atom stereocenters. The summed E-state index contributed by atoms with van der Waals surface area (Å²) in [6.45, 7) is 3.44. The fourth-order valence-electron chi connectivity index (χ4n) is 2.32. The van der Waals surface area contributed by atoms with E-state index in [0.29, 0.717) is 4.47 Å². The van der Waals surface area contributed by atoms with Gasteiger partial charge in [-0.05, 0) is 64.0 Å². The first-order valence-electron chi connectivity index (χ1n) is 7.18. The number of anilines is 1. The van der Waals surface area contributed by atoms with Crippen LogP contribution in [0.1, 0.15) is 5.56 Å². The van der Waals surface area contributed by atoms with Gasteiger partial charge in [0.25, 0.3) is 0 Å². The Labute approximate surface area is 138 Å². The van der Waals surface area contributed by atoms with E-state index in [1.54, 1.807) is 12.3 Å². The highest BCUT2D eigenvalue weighted by Crippen LogP contribution is 2.24. The standard InChI is InChI=1S/C17H17BrN2O2/c18-16-11-13(1-6-17(16)21)12-19-14-2-4-15(5-3-14)20-7-9-22-10-8-20/h1-6,11-12,21H,7-10H2. The third-order valence-corrected chi connectivity index (χ3v) is 4.20. The molecule has 5 heteroatoms. The van der Waals surface area contributed by atoms with Crippen LogP contribution >= 0.6 is 15.9 Å². The SMILES string of the molecule is Oc1ccc(C=Nc2ccc(N3CCOCC3)cc2)cc1Br. The molecule has 4 nitrogen and oxygen atoms in total. The van der Waals surface area contributed by atoms with Crippen LogP contribution in [0.2, 0.25) is 0 Å². The first-order valence-corrected chi connectivity index (χ1v) is 7.97. The topological polar surface area (TPSA) is 45.1 Å². The quantitative estimate of drug-likeness (QED) is 0.848. The van der Waals surface area contributed by atoms with Crippen molar-refractivity contribution in [1.29, 1.82) is 0 Å². The number of hydrogen-bond acceptors (Lipinski definition) is 4. The average Bonchev–Trinajstić information content (AvgIpc) is 2.57. The molecule has 3 rings (SSSR count). The molecule has 1 aliphatic heterocycles. The third kappa shape index (κ3) is 3.67. The smallest absolute Gasteiger partial charge is 0.129 e. The van der Waals surface area contributed by atoms with Gasteiger partial charge in [-0.15, -0.1) is 0 Å². The summed E-state index contributed by atoms with van der Waals surface area (Å²) in [5.74, 6) is 0.229. The summed E-state index contributed by atoms with van der Waals surface area (Å²) >= 11 is 3.30. The Morgan fingerprint density at radius 3 is 2.50 bits per heavy atom. The molecule has 0 saturated carbocycles. The molecule has 0 radical (unpaired) electrons. The molecular formula is C17H17BrN2O2. The van der Waals surface area contributed by atoms with Crippen molar-refractivity contribution >= 4 is 33.5 Å². The summed E-state index contributed by atoms with van der Waals surface area (Å²) in [5.41, 5.74) is 3.04. The van der Waals surface area contributed by atoms with E-state index in [-0.39, 0.29) is 5.75 Å². The molecule has 1 N–H and O–H groups in total. The van der Waals surface area contributed by atoms with Gasteiger partial charge >= 0.3 is 0 Å². The Kier molecular flexibility index (Phi) is 4.75. The Morgan fingerprint density at radius 1 is 1.09 bits per heavy atom. The highest BCUT2D eigenvalue weighted by atomic mass is 79.9. The van der Waals surface area contributed by atoms with Crippen molar-refractivity contribution in [3.8, 4) is 5.75 Å². The van der Waals surface area contributed by atoms with Crippen LogP contribution in [0.3, 0.4) is 0 Å². The largest absolute Gasteiger partial charge is 0.507 e. The number of ether oxygens (including phenoxy) is 1. The fraction of sp³-hybridized carbons (Fsp3) is 0.235. The summed E-state index contributed by atoms with van der Waals surface area (Å²) in [7, 11) is 0. The average molecular weight is 361 g/mol. The van der Waals surface area contributed by atoms with Gasteiger partial charge in [-0.3, -0.25) is 4.99 Å². The van der Waals surface area contributed by atoms with Crippen LogP contribution in [-0.2, 0) is 4.74 Å². The molecule has 0 bridgehead atoms. The van der Waals surface area contributed by atoms with E-state index in [0.717, 1.165) is 37.6 Å². The highest BCUT2D eigenvalue weighted by molar-refractivity contribution is 9.10. The van der Waals surface area contributed by atoms with Crippen molar-refractivity contribution in [2.45, 2.75) is 0 Å². The lowest BCUT2D eigenvalue weighted by Crippen LogP contribution is -2.36. The molecule has 0 amide bonds. The van der Waals surface area contributed by atoms with Crippen molar-refractivity contribution in [3.05, 3.63) is 52.5 Å². The van der Waals surface area contributed by atoms with E-state index in [4.69, 9.17) is 4.74 Å². The number of phenols is 1. The zero-order chi connectivity index (χ0) is 15.4. The Hall–Kier alpha value is -1.85. The lowest BCUT2D eigenvalue weighted by Gasteiger charge is -2.28. The van der Waals surface area contributed by atoms with Gasteiger partial charge in [-0.25, -0.2) is 0 Å². The second-order valence-electron chi connectivity index (χ2n) is 5.08. The van der Waals surface area contributed by atoms with Crippen LogP contribution in [0, 0.1) is 0 Å². The number of hydrogen-bond donors (Lipinski definition) is 1. The Balaban J connectivity index is 1.69. The number of nitrogens with zero attached hydrogens (tertiary/aromatic N) is 2. The van der Waals surface area contributed by atoms with Gasteiger partial charge in [0.2, 0.25) is 0 Å². The van der Waals surface area contributed by atoms with E-state index >= 15 is 0 Å². The molecule has 1 saturated heterocycles. The van der Waals surface area contributed by atoms with E-state index < -0.39 is 0 Å². The first kappa shape index (κ1) is 15.1. The highest BCUT2D eigenvalue weighted by Gasteiger charge is 2.10.